The number of carbonyl (C=O) groups excluding carboxylic acids is 1. The Morgan fingerprint density at radius 2 is 2.11 bits per heavy atom. The van der Waals surface area contributed by atoms with Crippen LogP contribution in [0.1, 0.15) is 50.7 Å². The van der Waals surface area contributed by atoms with Crippen molar-refractivity contribution in [2.24, 2.45) is 5.73 Å². The molecule has 3 nitrogen and oxygen atoms in total. The topological polar surface area (TPSA) is 52.3 Å². The molecule has 19 heavy (non-hydrogen) atoms. The highest BCUT2D eigenvalue weighted by Gasteiger charge is 2.28. The molecule has 1 aromatic rings. The largest absolute Gasteiger partial charge is 0.368 e. The lowest BCUT2D eigenvalue weighted by atomic mass is 9.82. The third-order valence-corrected chi connectivity index (χ3v) is 3.83. The Morgan fingerprint density at radius 1 is 1.37 bits per heavy atom. The van der Waals surface area contributed by atoms with Gasteiger partial charge in [0.15, 0.2) is 0 Å². The van der Waals surface area contributed by atoms with Gasteiger partial charge in [-0.15, -0.1) is 0 Å². The quantitative estimate of drug-likeness (QED) is 0.890. The highest BCUT2D eigenvalue weighted by atomic mass is 16.5. The van der Waals surface area contributed by atoms with Crippen LogP contribution < -0.4 is 5.73 Å². The van der Waals surface area contributed by atoms with Crippen molar-refractivity contribution in [1.82, 2.24) is 0 Å². The lowest BCUT2D eigenvalue weighted by Gasteiger charge is -2.29. The van der Waals surface area contributed by atoms with Crippen LogP contribution in [0.4, 0.5) is 0 Å². The van der Waals surface area contributed by atoms with Crippen LogP contribution in [0.25, 0.3) is 0 Å². The van der Waals surface area contributed by atoms with Crippen LogP contribution in [0, 0.1) is 0 Å². The molecule has 1 aliphatic heterocycles. The van der Waals surface area contributed by atoms with Gasteiger partial charge in [-0.25, -0.2) is 0 Å². The first-order chi connectivity index (χ1) is 8.88. The number of amides is 1. The molecule has 1 saturated heterocycles. The zero-order valence-electron chi connectivity index (χ0n) is 12.0. The number of primary amides is 1. The Hall–Kier alpha value is -1.35. The molecule has 0 radical (unpaired) electrons. The van der Waals surface area contributed by atoms with Crippen molar-refractivity contribution in [3.05, 3.63) is 35.4 Å². The van der Waals surface area contributed by atoms with Crippen LogP contribution in [-0.4, -0.2) is 18.6 Å². The van der Waals surface area contributed by atoms with Gasteiger partial charge in [0.25, 0.3) is 0 Å². The smallest absolute Gasteiger partial charge is 0.246 e. The maximum absolute atomic E-state index is 11.3. The molecule has 1 fully saturated rings. The first kappa shape index (κ1) is 14.1. The number of benzene rings is 1. The molecule has 1 aliphatic rings. The first-order valence-corrected chi connectivity index (χ1v) is 6.89. The number of hydrogen-bond acceptors (Lipinski definition) is 2. The van der Waals surface area contributed by atoms with E-state index in [1.54, 1.807) is 0 Å². The van der Waals surface area contributed by atoms with E-state index < -0.39 is 6.10 Å². The van der Waals surface area contributed by atoms with Gasteiger partial charge in [0, 0.05) is 6.61 Å². The molecule has 0 spiro atoms. The van der Waals surface area contributed by atoms with Crippen LogP contribution in [0.2, 0.25) is 0 Å². The Labute approximate surface area is 115 Å². The lowest BCUT2D eigenvalue weighted by Crippen LogP contribution is -2.36. The van der Waals surface area contributed by atoms with Crippen LogP contribution in [0.3, 0.4) is 0 Å². The minimum absolute atomic E-state index is 0.143. The van der Waals surface area contributed by atoms with Gasteiger partial charge in [0.05, 0.1) is 0 Å². The second kappa shape index (κ2) is 5.33. The molecule has 3 heteroatoms. The second-order valence-electron chi connectivity index (χ2n) is 6.36. The molecular weight excluding hydrogens is 238 g/mol. The fourth-order valence-corrected chi connectivity index (χ4v) is 2.56. The fourth-order valence-electron chi connectivity index (χ4n) is 2.56. The summed E-state index contributed by atoms with van der Waals surface area (Å²) < 4.78 is 5.41. The Balaban J connectivity index is 2.20. The third kappa shape index (κ3) is 3.35. The molecule has 0 bridgehead atoms. The molecule has 0 saturated carbocycles. The predicted octanol–water partition coefficient (Wildman–Crippen LogP) is 2.73. The van der Waals surface area contributed by atoms with Gasteiger partial charge in [-0.2, -0.15) is 0 Å². The Kier molecular flexibility index (Phi) is 3.95. The van der Waals surface area contributed by atoms with E-state index in [-0.39, 0.29) is 11.3 Å². The Bertz CT molecular complexity index is 462. The highest BCUT2D eigenvalue weighted by Crippen LogP contribution is 2.32. The minimum Gasteiger partial charge on any atom is -0.368 e. The summed E-state index contributed by atoms with van der Waals surface area (Å²) in [7, 11) is 0. The van der Waals surface area contributed by atoms with Crippen molar-refractivity contribution in [2.45, 2.75) is 51.0 Å². The molecule has 2 atom stereocenters. The summed E-state index contributed by atoms with van der Waals surface area (Å²) in [6, 6.07) is 8.66. The van der Waals surface area contributed by atoms with Crippen molar-refractivity contribution >= 4 is 5.91 Å². The van der Waals surface area contributed by atoms with Crippen molar-refractivity contribution in [3.63, 3.8) is 0 Å². The maximum Gasteiger partial charge on any atom is 0.246 e. The average molecular weight is 261 g/mol. The first-order valence-electron chi connectivity index (χ1n) is 6.89. The molecular formula is C16H23NO2. The molecule has 2 N–H and O–H groups in total. The molecule has 0 aromatic heterocycles. The lowest BCUT2D eigenvalue weighted by molar-refractivity contribution is -0.132. The van der Waals surface area contributed by atoms with Crippen molar-refractivity contribution < 1.29 is 9.53 Å². The molecule has 1 heterocycles. The van der Waals surface area contributed by atoms with Gasteiger partial charge in [-0.3, -0.25) is 4.79 Å². The van der Waals surface area contributed by atoms with Crippen LogP contribution in [-0.2, 0) is 14.9 Å². The van der Waals surface area contributed by atoms with E-state index in [9.17, 15) is 4.79 Å². The van der Waals surface area contributed by atoms with E-state index in [4.69, 9.17) is 10.5 Å². The zero-order chi connectivity index (χ0) is 14.0. The summed E-state index contributed by atoms with van der Waals surface area (Å²) in [4.78, 5) is 11.3. The molecule has 1 aromatic carbocycles. The average Bonchev–Trinajstić information content (AvgIpc) is 2.38. The van der Waals surface area contributed by atoms with Gasteiger partial charge >= 0.3 is 0 Å². The standard InChI is InChI=1S/C16H23NO2/c1-16(2,3)13-6-4-5-11(9-13)12-7-8-19-14(10-12)15(17)18/h4-6,9,12,14H,7-8,10H2,1-3H3,(H2,17,18). The molecule has 104 valence electrons. The summed E-state index contributed by atoms with van der Waals surface area (Å²) in [5, 5.41) is 0. The zero-order valence-corrected chi connectivity index (χ0v) is 12.0. The third-order valence-electron chi connectivity index (χ3n) is 3.83. The maximum atomic E-state index is 11.3. The van der Waals surface area contributed by atoms with E-state index in [0.717, 1.165) is 6.42 Å². The van der Waals surface area contributed by atoms with Crippen LogP contribution in [0.5, 0.6) is 0 Å². The van der Waals surface area contributed by atoms with E-state index in [2.05, 4.69) is 45.0 Å². The van der Waals surface area contributed by atoms with E-state index >= 15 is 0 Å². The van der Waals surface area contributed by atoms with Gasteiger partial charge in [0.2, 0.25) is 5.91 Å². The fraction of sp³-hybridized carbons (Fsp3) is 0.562. The van der Waals surface area contributed by atoms with Gasteiger partial charge in [-0.1, -0.05) is 45.0 Å². The van der Waals surface area contributed by atoms with E-state index in [0.29, 0.717) is 18.9 Å². The van der Waals surface area contributed by atoms with Gasteiger partial charge in [0.1, 0.15) is 6.10 Å². The van der Waals surface area contributed by atoms with E-state index in [1.165, 1.54) is 11.1 Å². The second-order valence-corrected chi connectivity index (χ2v) is 6.36. The van der Waals surface area contributed by atoms with Crippen LogP contribution >= 0.6 is 0 Å². The number of nitrogens with two attached hydrogens (primary N) is 1. The van der Waals surface area contributed by atoms with E-state index in [1.807, 2.05) is 0 Å². The SMILES string of the molecule is CC(C)(C)c1cccc(C2CCOC(C(N)=O)C2)c1. The van der Waals surface area contributed by atoms with Crippen molar-refractivity contribution in [2.75, 3.05) is 6.61 Å². The van der Waals surface area contributed by atoms with Crippen molar-refractivity contribution in [3.8, 4) is 0 Å². The predicted molar refractivity (Wildman–Crippen MR) is 76.1 cm³/mol. The minimum atomic E-state index is -0.433. The number of carbonyl (C=O) groups is 1. The monoisotopic (exact) mass is 261 g/mol. The molecule has 0 aliphatic carbocycles. The Morgan fingerprint density at radius 3 is 2.74 bits per heavy atom. The normalized spacial score (nSPS) is 24.2. The molecule has 2 unspecified atom stereocenters. The summed E-state index contributed by atoms with van der Waals surface area (Å²) >= 11 is 0. The van der Waals surface area contributed by atoms with Gasteiger partial charge in [-0.05, 0) is 35.3 Å². The summed E-state index contributed by atoms with van der Waals surface area (Å²) in [5.41, 5.74) is 8.11. The van der Waals surface area contributed by atoms with Crippen molar-refractivity contribution in [1.29, 1.82) is 0 Å². The number of hydrogen-bond donors (Lipinski definition) is 1. The van der Waals surface area contributed by atoms with Crippen LogP contribution in [0.15, 0.2) is 24.3 Å². The molecule has 2 rings (SSSR count). The summed E-state index contributed by atoms with van der Waals surface area (Å²) in [5.74, 6) is 0.0187. The number of ether oxygens (including phenoxy) is 1. The highest BCUT2D eigenvalue weighted by molar-refractivity contribution is 5.79. The summed E-state index contributed by atoms with van der Waals surface area (Å²) in [6.45, 7) is 7.24. The number of rotatable bonds is 2. The molecule has 1 amide bonds. The van der Waals surface area contributed by atoms with Gasteiger partial charge < -0.3 is 10.5 Å². The summed E-state index contributed by atoms with van der Waals surface area (Å²) in [6.07, 6.45) is 1.22.